The van der Waals surface area contributed by atoms with Gasteiger partial charge in [0.25, 0.3) is 0 Å². The highest BCUT2D eigenvalue weighted by Gasteiger charge is 2.17. The van der Waals surface area contributed by atoms with Crippen LogP contribution in [0.5, 0.6) is 5.75 Å². The van der Waals surface area contributed by atoms with Gasteiger partial charge in [-0.05, 0) is 42.7 Å². The van der Waals surface area contributed by atoms with Gasteiger partial charge in [-0.15, -0.1) is 10.2 Å². The number of H-pyrrole nitrogens is 1. The smallest absolute Gasteiger partial charge is 0.211 e. The SMILES string of the molecule is O=S(=O)(CCCc1ccc(OCc2nn[nH]n2)cc1)c1ccccc1Cl. The van der Waals surface area contributed by atoms with Crippen molar-refractivity contribution in [3.63, 3.8) is 0 Å². The highest BCUT2D eigenvalue weighted by Crippen LogP contribution is 2.23. The molecule has 3 aromatic rings. The molecule has 0 saturated carbocycles. The van der Waals surface area contributed by atoms with E-state index in [9.17, 15) is 8.42 Å². The molecule has 0 aliphatic heterocycles. The molecule has 0 saturated heterocycles. The first kappa shape index (κ1) is 18.3. The summed E-state index contributed by atoms with van der Waals surface area (Å²) in [5.41, 5.74) is 1.03. The Hall–Kier alpha value is -2.45. The number of ether oxygens (including phenoxy) is 1. The third-order valence-corrected chi connectivity index (χ3v) is 6.02. The minimum Gasteiger partial charge on any atom is -0.485 e. The molecule has 26 heavy (non-hydrogen) atoms. The zero-order valence-corrected chi connectivity index (χ0v) is 15.4. The van der Waals surface area contributed by atoms with Crippen LogP contribution in [0.25, 0.3) is 0 Å². The second-order valence-corrected chi connectivity index (χ2v) is 8.10. The number of nitrogens with zero attached hydrogens (tertiary/aromatic N) is 3. The van der Waals surface area contributed by atoms with Gasteiger partial charge in [0.1, 0.15) is 5.75 Å². The molecule has 0 amide bonds. The molecule has 136 valence electrons. The zero-order chi connectivity index (χ0) is 18.4. The lowest BCUT2D eigenvalue weighted by atomic mass is 10.1. The van der Waals surface area contributed by atoms with E-state index in [2.05, 4.69) is 20.6 Å². The average Bonchev–Trinajstić information content (AvgIpc) is 3.15. The Balaban J connectivity index is 1.51. The fourth-order valence-electron chi connectivity index (χ4n) is 2.42. The van der Waals surface area contributed by atoms with Crippen molar-refractivity contribution in [2.75, 3.05) is 5.75 Å². The van der Waals surface area contributed by atoms with Crippen molar-refractivity contribution >= 4 is 21.4 Å². The highest BCUT2D eigenvalue weighted by atomic mass is 35.5. The van der Waals surface area contributed by atoms with Gasteiger partial charge in [-0.25, -0.2) is 8.42 Å². The summed E-state index contributed by atoms with van der Waals surface area (Å²) < 4.78 is 30.3. The summed E-state index contributed by atoms with van der Waals surface area (Å²) in [6, 6.07) is 14.0. The van der Waals surface area contributed by atoms with E-state index in [0.717, 1.165) is 5.56 Å². The summed E-state index contributed by atoms with van der Waals surface area (Å²) >= 11 is 5.98. The molecule has 0 radical (unpaired) electrons. The van der Waals surface area contributed by atoms with Crippen molar-refractivity contribution < 1.29 is 13.2 Å². The van der Waals surface area contributed by atoms with Crippen LogP contribution >= 0.6 is 11.6 Å². The molecule has 0 unspecified atom stereocenters. The van der Waals surface area contributed by atoms with Crippen molar-refractivity contribution in [2.45, 2.75) is 24.3 Å². The van der Waals surface area contributed by atoms with Gasteiger partial charge in [0.2, 0.25) is 5.82 Å². The molecule has 0 fully saturated rings. The first-order valence-corrected chi connectivity index (χ1v) is 9.99. The molecule has 1 aromatic heterocycles. The van der Waals surface area contributed by atoms with Crippen molar-refractivity contribution in [1.82, 2.24) is 20.6 Å². The number of aryl methyl sites for hydroxylation is 1. The second-order valence-electron chi connectivity index (χ2n) is 5.61. The first-order valence-electron chi connectivity index (χ1n) is 7.96. The molecule has 0 atom stereocenters. The van der Waals surface area contributed by atoms with Gasteiger partial charge in [-0.3, -0.25) is 0 Å². The molecule has 0 spiro atoms. The number of halogens is 1. The van der Waals surface area contributed by atoms with Crippen molar-refractivity contribution in [3.8, 4) is 5.75 Å². The van der Waals surface area contributed by atoms with E-state index in [4.69, 9.17) is 16.3 Å². The zero-order valence-electron chi connectivity index (χ0n) is 13.8. The molecule has 2 aromatic carbocycles. The van der Waals surface area contributed by atoms with Crippen LogP contribution < -0.4 is 4.74 Å². The van der Waals surface area contributed by atoms with Gasteiger partial charge in [-0.1, -0.05) is 41.1 Å². The topological polar surface area (TPSA) is 97.8 Å². The standard InChI is InChI=1S/C17H17ClN4O3S/c18-15-5-1-2-6-16(15)26(23,24)11-3-4-13-7-9-14(10-8-13)25-12-17-19-21-22-20-17/h1-2,5-10H,3-4,11-12H2,(H,19,20,21,22). The first-order chi connectivity index (χ1) is 12.5. The number of rotatable bonds is 8. The number of tetrazole rings is 1. The van der Waals surface area contributed by atoms with Crippen LogP contribution in [0, 0.1) is 0 Å². The normalized spacial score (nSPS) is 11.4. The molecule has 9 heteroatoms. The molecular formula is C17H17ClN4O3S. The van der Waals surface area contributed by atoms with Crippen LogP contribution in [-0.4, -0.2) is 34.8 Å². The maximum Gasteiger partial charge on any atom is 0.211 e. The summed E-state index contributed by atoms with van der Waals surface area (Å²) in [6.07, 6.45) is 1.16. The Kier molecular flexibility index (Phi) is 5.85. The Morgan fingerprint density at radius 2 is 1.85 bits per heavy atom. The summed E-state index contributed by atoms with van der Waals surface area (Å²) in [5, 5.41) is 13.7. The molecule has 1 heterocycles. The predicted octanol–water partition coefficient (Wildman–Crippen LogP) is 2.84. The molecule has 1 N–H and O–H groups in total. The van der Waals surface area contributed by atoms with Crippen LogP contribution in [0.3, 0.4) is 0 Å². The third-order valence-electron chi connectivity index (χ3n) is 3.73. The summed E-state index contributed by atoms with van der Waals surface area (Å²) in [6.45, 7) is 0.228. The van der Waals surface area contributed by atoms with Crippen LogP contribution in [0.1, 0.15) is 17.8 Å². The number of aromatic nitrogens is 4. The molecule has 7 nitrogen and oxygen atoms in total. The minimum atomic E-state index is -3.38. The Bertz CT molecular complexity index is 944. The largest absolute Gasteiger partial charge is 0.485 e. The van der Waals surface area contributed by atoms with Crippen LogP contribution in [-0.2, 0) is 22.9 Å². The quantitative estimate of drug-likeness (QED) is 0.633. The fourth-order valence-corrected chi connectivity index (χ4v) is 4.30. The summed E-state index contributed by atoms with van der Waals surface area (Å²) in [4.78, 5) is 0.187. The Morgan fingerprint density at radius 3 is 2.54 bits per heavy atom. The molecule has 3 rings (SSSR count). The van der Waals surface area contributed by atoms with Gasteiger partial charge in [-0.2, -0.15) is 5.21 Å². The monoisotopic (exact) mass is 392 g/mol. The molecule has 0 aliphatic carbocycles. The number of nitrogens with one attached hydrogen (secondary N) is 1. The van der Waals surface area contributed by atoms with E-state index in [0.29, 0.717) is 24.4 Å². The Morgan fingerprint density at radius 1 is 1.08 bits per heavy atom. The van der Waals surface area contributed by atoms with Crippen LogP contribution in [0.2, 0.25) is 5.02 Å². The third kappa shape index (κ3) is 4.80. The van der Waals surface area contributed by atoms with Gasteiger partial charge in [0.05, 0.1) is 15.7 Å². The van der Waals surface area contributed by atoms with E-state index in [1.54, 1.807) is 18.2 Å². The number of hydrogen-bond acceptors (Lipinski definition) is 6. The lowest BCUT2D eigenvalue weighted by Crippen LogP contribution is -2.08. The van der Waals surface area contributed by atoms with Crippen LogP contribution in [0.15, 0.2) is 53.4 Å². The van der Waals surface area contributed by atoms with Crippen molar-refractivity contribution in [2.24, 2.45) is 0 Å². The minimum absolute atomic E-state index is 0.0484. The predicted molar refractivity (Wildman–Crippen MR) is 96.8 cm³/mol. The van der Waals surface area contributed by atoms with E-state index in [1.165, 1.54) is 6.07 Å². The van der Waals surface area contributed by atoms with Crippen molar-refractivity contribution in [3.05, 3.63) is 64.9 Å². The second kappa shape index (κ2) is 8.29. The van der Waals surface area contributed by atoms with Crippen LogP contribution in [0.4, 0.5) is 0 Å². The maximum absolute atomic E-state index is 12.4. The fraction of sp³-hybridized carbons (Fsp3) is 0.235. The lowest BCUT2D eigenvalue weighted by molar-refractivity contribution is 0.296. The van der Waals surface area contributed by atoms with E-state index in [1.807, 2.05) is 24.3 Å². The van der Waals surface area contributed by atoms with Crippen molar-refractivity contribution in [1.29, 1.82) is 0 Å². The highest BCUT2D eigenvalue weighted by molar-refractivity contribution is 7.91. The summed E-state index contributed by atoms with van der Waals surface area (Å²) in [7, 11) is -3.38. The number of aromatic amines is 1. The van der Waals surface area contributed by atoms with E-state index >= 15 is 0 Å². The molecule has 0 bridgehead atoms. The summed E-state index contributed by atoms with van der Waals surface area (Å²) in [5.74, 6) is 1.20. The number of sulfone groups is 1. The van der Waals surface area contributed by atoms with Gasteiger partial charge in [0, 0.05) is 0 Å². The Labute approximate surface area is 156 Å². The van der Waals surface area contributed by atoms with E-state index < -0.39 is 9.84 Å². The van der Waals surface area contributed by atoms with Gasteiger partial charge >= 0.3 is 0 Å². The average molecular weight is 393 g/mol. The maximum atomic E-state index is 12.4. The van der Waals surface area contributed by atoms with Gasteiger partial charge in [0.15, 0.2) is 16.4 Å². The molecular weight excluding hydrogens is 376 g/mol. The number of benzene rings is 2. The van der Waals surface area contributed by atoms with Gasteiger partial charge < -0.3 is 4.74 Å². The number of hydrogen-bond donors (Lipinski definition) is 1. The lowest BCUT2D eigenvalue weighted by Gasteiger charge is -2.07. The van der Waals surface area contributed by atoms with E-state index in [-0.39, 0.29) is 22.3 Å². The molecule has 0 aliphatic rings.